The minimum Gasteiger partial charge on any atom is -0.314 e. The summed E-state index contributed by atoms with van der Waals surface area (Å²) in [5.74, 6) is 0.964. The van der Waals surface area contributed by atoms with E-state index in [1.165, 1.54) is 45.1 Å². The molecule has 1 fully saturated rings. The van der Waals surface area contributed by atoms with Crippen LogP contribution in [0.15, 0.2) is 17.5 Å². The lowest BCUT2D eigenvalue weighted by atomic mass is 9.78. The smallest absolute Gasteiger partial charge is 0.00987 e. The van der Waals surface area contributed by atoms with Crippen LogP contribution >= 0.6 is 11.3 Å². The lowest BCUT2D eigenvalue weighted by Crippen LogP contribution is -2.40. The van der Waals surface area contributed by atoms with Gasteiger partial charge in [-0.1, -0.05) is 19.4 Å². The van der Waals surface area contributed by atoms with Crippen LogP contribution in [-0.2, 0) is 6.42 Å². The molecular formula is C14H23NS. The number of hydrogen-bond acceptors (Lipinski definition) is 2. The second kappa shape index (κ2) is 6.41. The molecule has 1 aromatic heterocycles. The largest absolute Gasteiger partial charge is 0.314 e. The molecule has 0 amide bonds. The molecule has 1 unspecified atom stereocenters. The fourth-order valence-electron chi connectivity index (χ4n) is 2.43. The van der Waals surface area contributed by atoms with Crippen LogP contribution in [0.2, 0.25) is 0 Å². The van der Waals surface area contributed by atoms with Gasteiger partial charge < -0.3 is 5.32 Å². The van der Waals surface area contributed by atoms with Gasteiger partial charge in [0, 0.05) is 10.9 Å². The van der Waals surface area contributed by atoms with Gasteiger partial charge in [-0.2, -0.15) is 0 Å². The van der Waals surface area contributed by atoms with E-state index in [1.54, 1.807) is 4.88 Å². The van der Waals surface area contributed by atoms with E-state index < -0.39 is 0 Å². The summed E-state index contributed by atoms with van der Waals surface area (Å²) in [5.41, 5.74) is 0. The van der Waals surface area contributed by atoms with Crippen molar-refractivity contribution in [2.24, 2.45) is 5.92 Å². The standard InChI is InChI=1S/C14H23NS/c1-2-10-15-14(12-5-3-6-12)9-8-13-7-4-11-16-13/h4,7,11-12,14-15H,2-3,5-6,8-10H2,1H3. The van der Waals surface area contributed by atoms with E-state index in [1.807, 2.05) is 11.3 Å². The number of nitrogens with one attached hydrogen (secondary N) is 1. The molecule has 0 spiro atoms. The van der Waals surface area contributed by atoms with Crippen molar-refractivity contribution in [3.63, 3.8) is 0 Å². The van der Waals surface area contributed by atoms with Crippen molar-refractivity contribution in [2.45, 2.75) is 51.5 Å². The number of thiophene rings is 1. The summed E-state index contributed by atoms with van der Waals surface area (Å²) in [6.45, 7) is 3.44. The molecule has 0 aliphatic heterocycles. The number of rotatable bonds is 7. The van der Waals surface area contributed by atoms with Gasteiger partial charge in [0.1, 0.15) is 0 Å². The minimum absolute atomic E-state index is 0.774. The van der Waals surface area contributed by atoms with Gasteiger partial charge in [0.25, 0.3) is 0 Å². The summed E-state index contributed by atoms with van der Waals surface area (Å²) in [6, 6.07) is 5.20. The Bertz CT molecular complexity index is 277. The second-order valence-electron chi connectivity index (χ2n) is 4.87. The third-order valence-electron chi connectivity index (χ3n) is 3.66. The van der Waals surface area contributed by atoms with Gasteiger partial charge in [0.05, 0.1) is 0 Å². The van der Waals surface area contributed by atoms with Gasteiger partial charge >= 0.3 is 0 Å². The van der Waals surface area contributed by atoms with Crippen LogP contribution < -0.4 is 5.32 Å². The maximum atomic E-state index is 3.74. The van der Waals surface area contributed by atoms with Crippen molar-refractivity contribution < 1.29 is 0 Å². The summed E-state index contributed by atoms with van der Waals surface area (Å²) >= 11 is 1.90. The fraction of sp³-hybridized carbons (Fsp3) is 0.714. The van der Waals surface area contributed by atoms with E-state index in [-0.39, 0.29) is 0 Å². The van der Waals surface area contributed by atoms with Crippen molar-refractivity contribution in [1.29, 1.82) is 0 Å². The Morgan fingerprint density at radius 2 is 2.38 bits per heavy atom. The molecule has 1 saturated carbocycles. The third-order valence-corrected chi connectivity index (χ3v) is 4.59. The summed E-state index contributed by atoms with van der Waals surface area (Å²) in [4.78, 5) is 1.54. The van der Waals surface area contributed by atoms with Crippen LogP contribution in [0.5, 0.6) is 0 Å². The average molecular weight is 237 g/mol. The van der Waals surface area contributed by atoms with Gasteiger partial charge in [0.2, 0.25) is 0 Å². The van der Waals surface area contributed by atoms with Crippen LogP contribution in [0.1, 0.15) is 43.9 Å². The van der Waals surface area contributed by atoms with Crippen molar-refractivity contribution >= 4 is 11.3 Å². The maximum absolute atomic E-state index is 3.74. The Labute approximate surface area is 103 Å². The van der Waals surface area contributed by atoms with E-state index >= 15 is 0 Å². The Morgan fingerprint density at radius 3 is 2.94 bits per heavy atom. The van der Waals surface area contributed by atoms with Gasteiger partial charge in [-0.15, -0.1) is 11.3 Å². The number of hydrogen-bond donors (Lipinski definition) is 1. The van der Waals surface area contributed by atoms with Crippen molar-refractivity contribution in [2.75, 3.05) is 6.54 Å². The zero-order valence-electron chi connectivity index (χ0n) is 10.2. The minimum atomic E-state index is 0.774. The molecule has 1 nitrogen and oxygen atoms in total. The summed E-state index contributed by atoms with van der Waals surface area (Å²) in [6.07, 6.45) is 8.19. The highest BCUT2D eigenvalue weighted by molar-refractivity contribution is 7.09. The zero-order chi connectivity index (χ0) is 11.2. The van der Waals surface area contributed by atoms with Crippen LogP contribution in [-0.4, -0.2) is 12.6 Å². The monoisotopic (exact) mass is 237 g/mol. The van der Waals surface area contributed by atoms with Gasteiger partial charge in [-0.05, 0) is 56.0 Å². The Balaban J connectivity index is 1.76. The highest BCUT2D eigenvalue weighted by Crippen LogP contribution is 2.31. The normalized spacial score (nSPS) is 18.3. The molecule has 16 heavy (non-hydrogen) atoms. The molecule has 1 aromatic rings. The first kappa shape index (κ1) is 12.1. The van der Waals surface area contributed by atoms with E-state index in [4.69, 9.17) is 0 Å². The van der Waals surface area contributed by atoms with Gasteiger partial charge in [-0.25, -0.2) is 0 Å². The molecule has 0 saturated heterocycles. The van der Waals surface area contributed by atoms with Gasteiger partial charge in [-0.3, -0.25) is 0 Å². The Kier molecular flexibility index (Phi) is 4.86. The quantitative estimate of drug-likeness (QED) is 0.759. The van der Waals surface area contributed by atoms with Crippen LogP contribution in [0.25, 0.3) is 0 Å². The molecule has 1 aliphatic rings. The molecule has 2 heteroatoms. The van der Waals surface area contributed by atoms with Crippen molar-refractivity contribution in [3.8, 4) is 0 Å². The molecule has 0 bridgehead atoms. The first-order chi connectivity index (χ1) is 7.90. The lowest BCUT2D eigenvalue weighted by Gasteiger charge is -2.34. The SMILES string of the molecule is CCCNC(CCc1cccs1)C1CCC1. The number of aryl methyl sites for hydroxylation is 1. The van der Waals surface area contributed by atoms with Crippen molar-refractivity contribution in [3.05, 3.63) is 22.4 Å². The predicted molar refractivity (Wildman–Crippen MR) is 72.1 cm³/mol. The molecular weight excluding hydrogens is 214 g/mol. The average Bonchev–Trinajstić information content (AvgIpc) is 2.72. The first-order valence-electron chi connectivity index (χ1n) is 6.66. The summed E-state index contributed by atoms with van der Waals surface area (Å²) < 4.78 is 0. The molecule has 2 rings (SSSR count). The predicted octanol–water partition coefficient (Wildman–Crippen LogP) is 3.85. The Morgan fingerprint density at radius 1 is 1.50 bits per heavy atom. The van der Waals surface area contributed by atoms with E-state index in [9.17, 15) is 0 Å². The molecule has 0 radical (unpaired) electrons. The molecule has 0 aromatic carbocycles. The van der Waals surface area contributed by atoms with Crippen LogP contribution in [0.4, 0.5) is 0 Å². The lowest BCUT2D eigenvalue weighted by molar-refractivity contribution is 0.220. The van der Waals surface area contributed by atoms with Crippen LogP contribution in [0, 0.1) is 5.92 Å². The summed E-state index contributed by atoms with van der Waals surface area (Å²) in [7, 11) is 0. The highest BCUT2D eigenvalue weighted by atomic mass is 32.1. The van der Waals surface area contributed by atoms with Gasteiger partial charge in [0.15, 0.2) is 0 Å². The second-order valence-corrected chi connectivity index (χ2v) is 5.90. The molecule has 1 N–H and O–H groups in total. The topological polar surface area (TPSA) is 12.0 Å². The van der Waals surface area contributed by atoms with E-state index in [0.717, 1.165) is 12.0 Å². The third kappa shape index (κ3) is 3.33. The molecule has 90 valence electrons. The first-order valence-corrected chi connectivity index (χ1v) is 7.54. The fourth-order valence-corrected chi connectivity index (χ4v) is 3.15. The van der Waals surface area contributed by atoms with E-state index in [0.29, 0.717) is 0 Å². The maximum Gasteiger partial charge on any atom is 0.00987 e. The Hall–Kier alpha value is -0.340. The van der Waals surface area contributed by atoms with Crippen LogP contribution in [0.3, 0.4) is 0 Å². The van der Waals surface area contributed by atoms with Crippen molar-refractivity contribution in [1.82, 2.24) is 5.32 Å². The highest BCUT2D eigenvalue weighted by Gasteiger charge is 2.26. The molecule has 1 aliphatic carbocycles. The summed E-state index contributed by atoms with van der Waals surface area (Å²) in [5, 5.41) is 5.93. The zero-order valence-corrected chi connectivity index (χ0v) is 11.1. The molecule has 1 atom stereocenters. The van der Waals surface area contributed by atoms with E-state index in [2.05, 4.69) is 29.8 Å². The molecule has 1 heterocycles.